The highest BCUT2D eigenvalue weighted by molar-refractivity contribution is 9.10. The van der Waals surface area contributed by atoms with Gasteiger partial charge in [-0.15, -0.1) is 0 Å². The number of hydrogen-bond donors (Lipinski definition) is 4. The van der Waals surface area contributed by atoms with Crippen molar-refractivity contribution in [1.29, 1.82) is 0 Å². The number of amides is 1. The molecule has 6 nitrogen and oxygen atoms in total. The van der Waals surface area contributed by atoms with Crippen LogP contribution >= 0.6 is 15.9 Å². The molecule has 0 radical (unpaired) electrons. The summed E-state index contributed by atoms with van der Waals surface area (Å²) in [6.07, 6.45) is -2.83. The second kappa shape index (κ2) is 7.80. The lowest BCUT2D eigenvalue weighted by Crippen LogP contribution is -2.34. The molecule has 0 saturated heterocycles. The molecule has 0 spiro atoms. The summed E-state index contributed by atoms with van der Waals surface area (Å²) < 4.78 is 5.73. The van der Waals surface area contributed by atoms with E-state index in [0.29, 0.717) is 4.47 Å². The fraction of sp³-hybridized carbons (Fsp3) is 0.533. The molecule has 0 fully saturated rings. The van der Waals surface area contributed by atoms with Crippen molar-refractivity contribution >= 4 is 22.0 Å². The molecule has 0 aliphatic carbocycles. The van der Waals surface area contributed by atoms with Gasteiger partial charge in [0.1, 0.15) is 17.5 Å². The van der Waals surface area contributed by atoms with E-state index >= 15 is 0 Å². The fourth-order valence-electron chi connectivity index (χ4n) is 1.77. The number of benzene rings is 1. The van der Waals surface area contributed by atoms with Crippen molar-refractivity contribution in [2.75, 3.05) is 6.54 Å². The quantitative estimate of drug-likeness (QED) is 0.633. The van der Waals surface area contributed by atoms with Crippen LogP contribution in [0.15, 0.2) is 22.7 Å². The van der Waals surface area contributed by atoms with Crippen LogP contribution in [0.2, 0.25) is 0 Å². The van der Waals surface area contributed by atoms with Gasteiger partial charge >= 0.3 is 6.09 Å². The predicted octanol–water partition coefficient (Wildman–Crippen LogP) is 2.46. The SMILES string of the molecule is CC(C)(C)OC(=O)NCCC(O)C(O)c1ccc(Br)cc1O. The monoisotopic (exact) mass is 375 g/mol. The minimum absolute atomic E-state index is 0.110. The number of carbonyl (C=O) groups is 1. The van der Waals surface area contributed by atoms with Gasteiger partial charge in [0.15, 0.2) is 0 Å². The smallest absolute Gasteiger partial charge is 0.407 e. The third kappa shape index (κ3) is 6.21. The van der Waals surface area contributed by atoms with Crippen LogP contribution < -0.4 is 5.32 Å². The minimum Gasteiger partial charge on any atom is -0.508 e. The highest BCUT2D eigenvalue weighted by Gasteiger charge is 2.22. The van der Waals surface area contributed by atoms with E-state index in [1.807, 2.05) is 0 Å². The summed E-state index contributed by atoms with van der Waals surface area (Å²) >= 11 is 3.20. The molecule has 0 saturated carbocycles. The Kier molecular flexibility index (Phi) is 6.65. The number of nitrogens with one attached hydrogen (secondary N) is 1. The van der Waals surface area contributed by atoms with Crippen molar-refractivity contribution in [3.8, 4) is 5.75 Å². The van der Waals surface area contributed by atoms with E-state index in [9.17, 15) is 20.1 Å². The van der Waals surface area contributed by atoms with Crippen molar-refractivity contribution in [3.05, 3.63) is 28.2 Å². The zero-order chi connectivity index (χ0) is 16.9. The van der Waals surface area contributed by atoms with Crippen molar-refractivity contribution in [2.45, 2.75) is 45.0 Å². The number of alkyl carbamates (subject to hydrolysis) is 1. The number of halogens is 1. The molecule has 2 atom stereocenters. The molecule has 1 aromatic rings. The lowest BCUT2D eigenvalue weighted by Gasteiger charge is -2.21. The fourth-order valence-corrected chi connectivity index (χ4v) is 2.12. The molecule has 7 heteroatoms. The topological polar surface area (TPSA) is 99.0 Å². The highest BCUT2D eigenvalue weighted by Crippen LogP contribution is 2.30. The van der Waals surface area contributed by atoms with Gasteiger partial charge < -0.3 is 25.4 Å². The summed E-state index contributed by atoms with van der Waals surface area (Å²) in [7, 11) is 0. The molecule has 0 heterocycles. The minimum atomic E-state index is -1.24. The number of aliphatic hydroxyl groups excluding tert-OH is 2. The molecule has 1 amide bonds. The molecular weight excluding hydrogens is 354 g/mol. The Morgan fingerprint density at radius 1 is 1.36 bits per heavy atom. The molecule has 124 valence electrons. The molecular formula is C15H22BrNO5. The third-order valence-corrected chi connectivity index (χ3v) is 3.28. The normalized spacial score (nSPS) is 14.3. The lowest BCUT2D eigenvalue weighted by molar-refractivity contribution is 0.0110. The summed E-state index contributed by atoms with van der Waals surface area (Å²) in [5, 5.41) is 32.2. The first-order valence-electron chi connectivity index (χ1n) is 6.91. The molecule has 0 bridgehead atoms. The van der Waals surface area contributed by atoms with E-state index in [1.54, 1.807) is 26.8 Å². The van der Waals surface area contributed by atoms with Crippen molar-refractivity contribution in [3.63, 3.8) is 0 Å². The molecule has 2 unspecified atom stereocenters. The average molecular weight is 376 g/mol. The lowest BCUT2D eigenvalue weighted by atomic mass is 10.0. The van der Waals surface area contributed by atoms with Crippen LogP contribution in [0, 0.1) is 0 Å². The zero-order valence-corrected chi connectivity index (χ0v) is 14.4. The van der Waals surface area contributed by atoms with E-state index in [-0.39, 0.29) is 24.3 Å². The summed E-state index contributed by atoms with van der Waals surface area (Å²) in [5.41, 5.74) is -0.362. The first kappa shape index (κ1) is 18.7. The summed E-state index contributed by atoms with van der Waals surface area (Å²) in [5.74, 6) is -0.110. The van der Waals surface area contributed by atoms with Gasteiger partial charge in [0.05, 0.1) is 6.10 Å². The Morgan fingerprint density at radius 2 is 2.00 bits per heavy atom. The number of hydrogen-bond acceptors (Lipinski definition) is 5. The molecule has 0 aliphatic rings. The maximum atomic E-state index is 11.4. The third-order valence-electron chi connectivity index (χ3n) is 2.78. The van der Waals surface area contributed by atoms with Crippen LogP contribution in [0.5, 0.6) is 5.75 Å². The van der Waals surface area contributed by atoms with E-state index in [4.69, 9.17) is 4.74 Å². The molecule has 1 rings (SSSR count). The second-order valence-electron chi connectivity index (χ2n) is 5.93. The molecule has 4 N–H and O–H groups in total. The van der Waals surface area contributed by atoms with Gasteiger partial charge in [-0.2, -0.15) is 0 Å². The summed E-state index contributed by atoms with van der Waals surface area (Å²) in [6.45, 7) is 5.40. The van der Waals surface area contributed by atoms with Gasteiger partial charge in [-0.1, -0.05) is 22.0 Å². The average Bonchev–Trinajstić information content (AvgIpc) is 2.35. The van der Waals surface area contributed by atoms with Gasteiger partial charge in [0.25, 0.3) is 0 Å². The number of carbonyl (C=O) groups excluding carboxylic acids is 1. The van der Waals surface area contributed by atoms with Gasteiger partial charge in [0.2, 0.25) is 0 Å². The van der Waals surface area contributed by atoms with Crippen LogP contribution in [0.3, 0.4) is 0 Å². The first-order chi connectivity index (χ1) is 10.1. The number of ether oxygens (including phenoxy) is 1. The number of rotatable bonds is 5. The Hall–Kier alpha value is -1.31. The van der Waals surface area contributed by atoms with Crippen LogP contribution in [-0.2, 0) is 4.74 Å². The number of aromatic hydroxyl groups is 1. The van der Waals surface area contributed by atoms with E-state index in [0.717, 1.165) is 0 Å². The van der Waals surface area contributed by atoms with Gasteiger partial charge in [0, 0.05) is 16.6 Å². The highest BCUT2D eigenvalue weighted by atomic mass is 79.9. The van der Waals surface area contributed by atoms with E-state index < -0.39 is 23.9 Å². The molecule has 0 aliphatic heterocycles. The van der Waals surface area contributed by atoms with Gasteiger partial charge in [-0.25, -0.2) is 4.79 Å². The number of aliphatic hydroxyl groups is 2. The standard InChI is InChI=1S/C15H22BrNO5/c1-15(2,3)22-14(21)17-7-6-11(18)13(20)10-5-4-9(16)8-12(10)19/h4-5,8,11,13,18-20H,6-7H2,1-3H3,(H,17,21). The van der Waals surface area contributed by atoms with Crippen LogP contribution in [-0.4, -0.2) is 39.7 Å². The number of phenolic OH excluding ortho intramolecular Hbond substituents is 1. The van der Waals surface area contributed by atoms with E-state index in [1.165, 1.54) is 12.1 Å². The van der Waals surface area contributed by atoms with Crippen LogP contribution in [0.4, 0.5) is 4.79 Å². The Labute approximate surface area is 138 Å². The second-order valence-corrected chi connectivity index (χ2v) is 6.85. The molecule has 1 aromatic carbocycles. The summed E-state index contributed by atoms with van der Waals surface area (Å²) in [4.78, 5) is 11.4. The van der Waals surface area contributed by atoms with Gasteiger partial charge in [-0.3, -0.25) is 0 Å². The van der Waals surface area contributed by atoms with Crippen LogP contribution in [0.1, 0.15) is 38.9 Å². The largest absolute Gasteiger partial charge is 0.508 e. The van der Waals surface area contributed by atoms with E-state index in [2.05, 4.69) is 21.2 Å². The van der Waals surface area contributed by atoms with Crippen LogP contribution in [0.25, 0.3) is 0 Å². The maximum absolute atomic E-state index is 11.4. The summed E-state index contributed by atoms with van der Waals surface area (Å²) in [6, 6.07) is 4.61. The first-order valence-corrected chi connectivity index (χ1v) is 7.71. The zero-order valence-electron chi connectivity index (χ0n) is 12.8. The molecule has 22 heavy (non-hydrogen) atoms. The molecule has 0 aromatic heterocycles. The Morgan fingerprint density at radius 3 is 2.55 bits per heavy atom. The Bertz CT molecular complexity index is 515. The predicted molar refractivity (Wildman–Crippen MR) is 85.6 cm³/mol. The van der Waals surface area contributed by atoms with Gasteiger partial charge in [-0.05, 0) is 39.3 Å². The van der Waals surface area contributed by atoms with Crippen molar-refractivity contribution in [1.82, 2.24) is 5.32 Å². The van der Waals surface area contributed by atoms with Crippen molar-refractivity contribution < 1.29 is 24.9 Å². The Balaban J connectivity index is 2.48. The van der Waals surface area contributed by atoms with Crippen molar-refractivity contribution in [2.24, 2.45) is 0 Å². The number of phenols is 1. The maximum Gasteiger partial charge on any atom is 0.407 e.